The van der Waals surface area contributed by atoms with E-state index < -0.39 is 29.4 Å². The molecule has 0 bridgehead atoms. The first kappa shape index (κ1) is 19.0. The molecule has 2 atom stereocenters. The van der Waals surface area contributed by atoms with Crippen LogP contribution in [0.1, 0.15) is 12.5 Å². The van der Waals surface area contributed by atoms with Crippen LogP contribution < -0.4 is 19.5 Å². The first-order chi connectivity index (χ1) is 13.9. The van der Waals surface area contributed by atoms with Crippen molar-refractivity contribution in [3.8, 4) is 17.2 Å². The molecule has 0 aliphatic carbocycles. The van der Waals surface area contributed by atoms with Gasteiger partial charge in [-0.2, -0.15) is 0 Å². The maximum Gasteiger partial charge on any atom is 0.325 e. The van der Waals surface area contributed by atoms with E-state index in [0.29, 0.717) is 17.1 Å². The zero-order valence-corrected chi connectivity index (χ0v) is 15.6. The minimum Gasteiger partial charge on any atom is -0.488 e. The van der Waals surface area contributed by atoms with Gasteiger partial charge in [0.1, 0.15) is 18.2 Å². The molecule has 8 nitrogen and oxygen atoms in total. The third-order valence-electron chi connectivity index (χ3n) is 4.89. The molecule has 2 aliphatic rings. The van der Waals surface area contributed by atoms with Gasteiger partial charge in [0.05, 0.1) is 6.54 Å². The molecule has 2 heterocycles. The van der Waals surface area contributed by atoms with Gasteiger partial charge in [-0.15, -0.1) is 0 Å². The van der Waals surface area contributed by atoms with Crippen molar-refractivity contribution < 1.29 is 33.3 Å². The van der Waals surface area contributed by atoms with Crippen LogP contribution in [0, 0.1) is 5.82 Å². The lowest BCUT2D eigenvalue weighted by Gasteiger charge is -2.23. The lowest BCUT2D eigenvalue weighted by molar-refractivity contribution is -0.132. The number of benzene rings is 2. The summed E-state index contributed by atoms with van der Waals surface area (Å²) in [6.45, 7) is 1.10. The fraction of sp³-hybridized carbons (Fsp3) is 0.300. The van der Waals surface area contributed by atoms with Gasteiger partial charge in [-0.3, -0.25) is 9.69 Å². The number of carbonyl (C=O) groups excluding carboxylic acids is 2. The number of fused-ring (bicyclic) bond motifs is 1. The Hall–Kier alpha value is -3.33. The highest BCUT2D eigenvalue weighted by atomic mass is 19.1. The van der Waals surface area contributed by atoms with Crippen LogP contribution in [0.2, 0.25) is 0 Å². The Morgan fingerprint density at radius 3 is 2.79 bits per heavy atom. The Morgan fingerprint density at radius 1 is 1.24 bits per heavy atom. The number of aliphatic hydroxyl groups is 1. The van der Waals surface area contributed by atoms with E-state index in [-0.39, 0.29) is 25.7 Å². The smallest absolute Gasteiger partial charge is 0.325 e. The van der Waals surface area contributed by atoms with Crippen molar-refractivity contribution in [2.75, 3.05) is 19.9 Å². The molecular formula is C20H19FN2O6. The quantitative estimate of drug-likeness (QED) is 0.715. The summed E-state index contributed by atoms with van der Waals surface area (Å²) < 4.78 is 29.4. The molecule has 2 aromatic carbocycles. The monoisotopic (exact) mass is 402 g/mol. The Kier molecular flexibility index (Phi) is 4.75. The zero-order chi connectivity index (χ0) is 20.6. The number of halogens is 1. The lowest BCUT2D eigenvalue weighted by atomic mass is 9.91. The third-order valence-corrected chi connectivity index (χ3v) is 4.89. The molecule has 0 radical (unpaired) electrons. The van der Waals surface area contributed by atoms with Gasteiger partial charge in [-0.05, 0) is 36.8 Å². The number of nitrogens with zero attached hydrogens (tertiary/aromatic N) is 1. The van der Waals surface area contributed by atoms with Crippen LogP contribution in [0.15, 0.2) is 42.5 Å². The van der Waals surface area contributed by atoms with E-state index in [1.165, 1.54) is 18.2 Å². The average molecular weight is 402 g/mol. The second-order valence-electron chi connectivity index (χ2n) is 6.93. The summed E-state index contributed by atoms with van der Waals surface area (Å²) in [4.78, 5) is 26.3. The summed E-state index contributed by atoms with van der Waals surface area (Å²) in [5.74, 6) is -0.0560. The van der Waals surface area contributed by atoms with Crippen molar-refractivity contribution in [1.82, 2.24) is 10.2 Å². The van der Waals surface area contributed by atoms with Crippen molar-refractivity contribution in [3.63, 3.8) is 0 Å². The minimum atomic E-state index is -1.32. The number of carbonyl (C=O) groups is 2. The number of β-amino-alcohol motifs (C(OH)–C–C–N with tert-alkyl or cyclic N) is 1. The fourth-order valence-electron chi connectivity index (χ4n) is 3.28. The SMILES string of the molecule is C[C@]1(c2ccc3c(c2)OCO3)NC(=O)N(C[C@H](O)COc2ccccc2F)C1=O. The van der Waals surface area contributed by atoms with Crippen LogP contribution in [-0.2, 0) is 10.3 Å². The molecule has 152 valence electrons. The number of para-hydroxylation sites is 1. The van der Waals surface area contributed by atoms with Crippen molar-refractivity contribution in [1.29, 1.82) is 0 Å². The first-order valence-corrected chi connectivity index (χ1v) is 8.98. The molecule has 0 saturated carbocycles. The molecule has 2 N–H and O–H groups in total. The molecule has 0 spiro atoms. The maximum atomic E-state index is 13.6. The van der Waals surface area contributed by atoms with Gasteiger partial charge in [0.25, 0.3) is 5.91 Å². The van der Waals surface area contributed by atoms with Crippen molar-refractivity contribution in [3.05, 3.63) is 53.8 Å². The second-order valence-corrected chi connectivity index (χ2v) is 6.93. The molecule has 0 aromatic heterocycles. The Labute approximate surface area is 165 Å². The van der Waals surface area contributed by atoms with Crippen molar-refractivity contribution in [2.45, 2.75) is 18.6 Å². The van der Waals surface area contributed by atoms with Crippen LogP contribution in [0.25, 0.3) is 0 Å². The number of rotatable bonds is 6. The van der Waals surface area contributed by atoms with E-state index in [0.717, 1.165) is 4.90 Å². The summed E-state index contributed by atoms with van der Waals surface area (Å²) >= 11 is 0. The number of imide groups is 1. The summed E-state index contributed by atoms with van der Waals surface area (Å²) in [5, 5.41) is 12.9. The highest BCUT2D eigenvalue weighted by Gasteiger charge is 2.49. The van der Waals surface area contributed by atoms with E-state index in [4.69, 9.17) is 14.2 Å². The van der Waals surface area contributed by atoms with Gasteiger partial charge >= 0.3 is 6.03 Å². The molecule has 2 aliphatic heterocycles. The lowest BCUT2D eigenvalue weighted by Crippen LogP contribution is -2.42. The van der Waals surface area contributed by atoms with Crippen molar-refractivity contribution >= 4 is 11.9 Å². The van der Waals surface area contributed by atoms with E-state index in [2.05, 4.69) is 5.32 Å². The van der Waals surface area contributed by atoms with Crippen LogP contribution in [0.4, 0.5) is 9.18 Å². The number of urea groups is 1. The summed E-state index contributed by atoms with van der Waals surface area (Å²) in [7, 11) is 0. The Bertz CT molecular complexity index is 968. The Morgan fingerprint density at radius 2 is 2.00 bits per heavy atom. The maximum absolute atomic E-state index is 13.6. The van der Waals surface area contributed by atoms with E-state index in [1.807, 2.05) is 0 Å². The van der Waals surface area contributed by atoms with E-state index in [1.54, 1.807) is 31.2 Å². The highest BCUT2D eigenvalue weighted by Crippen LogP contribution is 2.37. The summed E-state index contributed by atoms with van der Waals surface area (Å²) in [5.41, 5.74) is -0.788. The predicted octanol–water partition coefficient (Wildman–Crippen LogP) is 1.76. The Balaban J connectivity index is 1.44. The van der Waals surface area contributed by atoms with Gasteiger partial charge < -0.3 is 24.6 Å². The van der Waals surface area contributed by atoms with Gasteiger partial charge in [0.15, 0.2) is 23.1 Å². The molecular weight excluding hydrogens is 383 g/mol. The van der Waals surface area contributed by atoms with Crippen LogP contribution in [0.3, 0.4) is 0 Å². The molecule has 4 rings (SSSR count). The number of hydrogen-bond donors (Lipinski definition) is 2. The van der Waals surface area contributed by atoms with Gasteiger partial charge in [-0.1, -0.05) is 18.2 Å². The summed E-state index contributed by atoms with van der Waals surface area (Å²) in [6.07, 6.45) is -1.19. The van der Waals surface area contributed by atoms with Gasteiger partial charge in [0, 0.05) is 0 Å². The largest absolute Gasteiger partial charge is 0.488 e. The molecule has 3 amide bonds. The van der Waals surface area contributed by atoms with E-state index in [9.17, 15) is 19.1 Å². The number of ether oxygens (including phenoxy) is 3. The van der Waals surface area contributed by atoms with Crippen molar-refractivity contribution in [2.24, 2.45) is 0 Å². The average Bonchev–Trinajstić information content (AvgIpc) is 3.26. The molecule has 0 unspecified atom stereocenters. The van der Waals surface area contributed by atoms with Crippen LogP contribution in [0.5, 0.6) is 17.2 Å². The normalized spacial score (nSPS) is 21.3. The zero-order valence-electron chi connectivity index (χ0n) is 15.6. The minimum absolute atomic E-state index is 0.0195. The number of hydrogen-bond acceptors (Lipinski definition) is 6. The van der Waals surface area contributed by atoms with Gasteiger partial charge in [-0.25, -0.2) is 9.18 Å². The summed E-state index contributed by atoms with van der Waals surface area (Å²) in [6, 6.07) is 10.1. The number of amides is 3. The fourth-order valence-corrected chi connectivity index (χ4v) is 3.28. The predicted molar refractivity (Wildman–Crippen MR) is 98.1 cm³/mol. The van der Waals surface area contributed by atoms with Crippen LogP contribution >= 0.6 is 0 Å². The molecule has 9 heteroatoms. The number of aliphatic hydroxyl groups excluding tert-OH is 1. The van der Waals surface area contributed by atoms with Crippen LogP contribution in [-0.4, -0.2) is 48.0 Å². The van der Waals surface area contributed by atoms with Gasteiger partial charge in [0.2, 0.25) is 6.79 Å². The highest BCUT2D eigenvalue weighted by molar-refractivity contribution is 6.07. The molecule has 29 heavy (non-hydrogen) atoms. The standard InChI is InChI=1S/C20H19FN2O6/c1-20(12-6-7-16-17(8-12)29-11-28-16)18(25)23(19(26)22-20)9-13(24)10-27-15-5-3-2-4-14(15)21/h2-8,13,24H,9-11H2,1H3,(H,22,26)/t13-,20+/m0/s1. The topological polar surface area (TPSA) is 97.3 Å². The third kappa shape index (κ3) is 3.44. The second kappa shape index (κ2) is 7.25. The number of nitrogens with one attached hydrogen (secondary N) is 1. The molecule has 1 fully saturated rings. The molecule has 1 saturated heterocycles. The molecule has 2 aromatic rings. The first-order valence-electron chi connectivity index (χ1n) is 8.98. The van der Waals surface area contributed by atoms with E-state index >= 15 is 0 Å².